The molecule has 1 unspecified atom stereocenters. The molecular weight excluding hydrogens is 422 g/mol. The topological polar surface area (TPSA) is 73.4 Å². The molecule has 1 aromatic heterocycles. The number of aromatic nitrogens is 1. The first-order valence-corrected chi connectivity index (χ1v) is 10.8. The smallest absolute Gasteiger partial charge is 0.267 e. The fourth-order valence-corrected chi connectivity index (χ4v) is 3.83. The van der Waals surface area contributed by atoms with Crippen LogP contribution in [0.5, 0.6) is 17.2 Å². The monoisotopic (exact) mass is 451 g/mol. The Bertz CT molecular complexity index is 1130. The van der Waals surface area contributed by atoms with Crippen molar-refractivity contribution in [2.24, 2.45) is 0 Å². The van der Waals surface area contributed by atoms with E-state index in [9.17, 15) is 4.79 Å². The number of fused-ring (bicyclic) bond motifs is 2. The summed E-state index contributed by atoms with van der Waals surface area (Å²) in [6.45, 7) is 1.36. The third kappa shape index (κ3) is 4.96. The Hall–Kier alpha value is -3.52. The Balaban J connectivity index is 1.63. The molecular formula is C25H29N3O5. The third-order valence-electron chi connectivity index (χ3n) is 5.53. The van der Waals surface area contributed by atoms with Crippen LogP contribution in [0.15, 0.2) is 48.5 Å². The molecule has 174 valence electrons. The number of hydrogen-bond acceptors (Lipinski definition) is 7. The van der Waals surface area contributed by atoms with Crippen LogP contribution in [0.2, 0.25) is 0 Å². The lowest BCUT2D eigenvalue weighted by molar-refractivity contribution is -0.142. The molecule has 8 nitrogen and oxygen atoms in total. The number of anilines is 1. The fourth-order valence-electron chi connectivity index (χ4n) is 3.83. The van der Waals surface area contributed by atoms with E-state index >= 15 is 0 Å². The van der Waals surface area contributed by atoms with Crippen LogP contribution in [0, 0.1) is 0 Å². The van der Waals surface area contributed by atoms with Crippen LogP contribution < -0.4 is 19.1 Å². The van der Waals surface area contributed by atoms with Gasteiger partial charge in [0.25, 0.3) is 5.91 Å². The molecule has 3 aromatic rings. The van der Waals surface area contributed by atoms with Gasteiger partial charge < -0.3 is 28.7 Å². The van der Waals surface area contributed by atoms with E-state index < -0.39 is 6.10 Å². The van der Waals surface area contributed by atoms with Gasteiger partial charge in [-0.25, -0.2) is 4.98 Å². The SMILES string of the molecule is COCCN(Cc1cc2ccc(OC)cc2nc1N(C)C)C(=O)C1COc2ccccc2O1. The third-order valence-corrected chi connectivity index (χ3v) is 5.53. The van der Waals surface area contributed by atoms with Gasteiger partial charge in [0.1, 0.15) is 18.2 Å². The minimum Gasteiger partial charge on any atom is -0.497 e. The molecule has 8 heteroatoms. The van der Waals surface area contributed by atoms with E-state index in [-0.39, 0.29) is 12.5 Å². The van der Waals surface area contributed by atoms with E-state index in [1.807, 2.05) is 55.4 Å². The second kappa shape index (κ2) is 9.95. The fraction of sp³-hybridized carbons (Fsp3) is 0.360. The minimum absolute atomic E-state index is 0.152. The lowest BCUT2D eigenvalue weighted by Gasteiger charge is -2.31. The van der Waals surface area contributed by atoms with Crippen LogP contribution in [0.25, 0.3) is 10.9 Å². The molecule has 0 saturated carbocycles. The van der Waals surface area contributed by atoms with Crippen LogP contribution in [-0.2, 0) is 16.1 Å². The van der Waals surface area contributed by atoms with E-state index in [0.717, 1.165) is 28.0 Å². The van der Waals surface area contributed by atoms with Crippen LogP contribution in [-0.4, -0.2) is 70.0 Å². The summed E-state index contributed by atoms with van der Waals surface area (Å²) in [6, 6.07) is 15.2. The number of amides is 1. The molecule has 2 heterocycles. The van der Waals surface area contributed by atoms with Gasteiger partial charge >= 0.3 is 0 Å². The predicted octanol–water partition coefficient (Wildman–Crippen LogP) is 3.12. The predicted molar refractivity (Wildman–Crippen MR) is 126 cm³/mol. The largest absolute Gasteiger partial charge is 0.497 e. The van der Waals surface area contributed by atoms with Gasteiger partial charge in [-0.05, 0) is 30.3 Å². The van der Waals surface area contributed by atoms with E-state index in [1.54, 1.807) is 25.2 Å². The molecule has 4 rings (SSSR count). The van der Waals surface area contributed by atoms with E-state index in [1.165, 1.54) is 0 Å². The van der Waals surface area contributed by atoms with Gasteiger partial charge in [0.05, 0.1) is 19.2 Å². The lowest BCUT2D eigenvalue weighted by Crippen LogP contribution is -2.47. The summed E-state index contributed by atoms with van der Waals surface area (Å²) in [5.74, 6) is 2.61. The number of carbonyl (C=O) groups is 1. The van der Waals surface area contributed by atoms with Gasteiger partial charge in [-0.1, -0.05) is 12.1 Å². The zero-order valence-corrected chi connectivity index (χ0v) is 19.4. The number of para-hydroxylation sites is 2. The van der Waals surface area contributed by atoms with Crippen LogP contribution in [0.3, 0.4) is 0 Å². The number of ether oxygens (including phenoxy) is 4. The molecule has 0 N–H and O–H groups in total. The van der Waals surface area contributed by atoms with Crippen LogP contribution in [0.1, 0.15) is 5.56 Å². The number of benzene rings is 2. The first-order chi connectivity index (χ1) is 16.0. The number of pyridine rings is 1. The highest BCUT2D eigenvalue weighted by atomic mass is 16.6. The first kappa shape index (κ1) is 22.7. The maximum Gasteiger partial charge on any atom is 0.267 e. The normalized spacial score (nSPS) is 14.7. The first-order valence-electron chi connectivity index (χ1n) is 10.8. The highest BCUT2D eigenvalue weighted by Gasteiger charge is 2.31. The van der Waals surface area contributed by atoms with Crippen molar-refractivity contribution in [3.63, 3.8) is 0 Å². The van der Waals surface area contributed by atoms with Gasteiger partial charge in [0.2, 0.25) is 6.10 Å². The van der Waals surface area contributed by atoms with Crippen molar-refractivity contribution < 1.29 is 23.7 Å². The summed E-state index contributed by atoms with van der Waals surface area (Å²) >= 11 is 0. The summed E-state index contributed by atoms with van der Waals surface area (Å²) < 4.78 is 22.3. The maximum absolute atomic E-state index is 13.5. The molecule has 0 aliphatic carbocycles. The van der Waals surface area contributed by atoms with Gasteiger partial charge in [0, 0.05) is 51.3 Å². The summed E-state index contributed by atoms with van der Waals surface area (Å²) in [7, 11) is 7.13. The quantitative estimate of drug-likeness (QED) is 0.521. The molecule has 1 atom stereocenters. The molecule has 0 saturated heterocycles. The Morgan fingerprint density at radius 2 is 1.91 bits per heavy atom. The van der Waals surface area contributed by atoms with Crippen molar-refractivity contribution >= 4 is 22.6 Å². The van der Waals surface area contributed by atoms with E-state index in [4.69, 9.17) is 23.9 Å². The van der Waals surface area contributed by atoms with Gasteiger partial charge in [-0.3, -0.25) is 4.79 Å². The van der Waals surface area contributed by atoms with Crippen molar-refractivity contribution in [3.8, 4) is 17.2 Å². The molecule has 33 heavy (non-hydrogen) atoms. The standard InChI is InChI=1S/C25H29N3O5/c1-27(2)24-18(13-17-9-10-19(31-4)14-20(17)26-24)15-28(11-12-30-3)25(29)23-16-32-21-7-5-6-8-22(21)33-23/h5-10,13-14,23H,11-12,15-16H2,1-4H3. The summed E-state index contributed by atoms with van der Waals surface area (Å²) in [5.41, 5.74) is 1.76. The number of hydrogen-bond donors (Lipinski definition) is 0. The number of carbonyl (C=O) groups excluding carboxylic acids is 1. The highest BCUT2D eigenvalue weighted by molar-refractivity contribution is 5.85. The van der Waals surface area contributed by atoms with E-state index in [2.05, 4.69) is 6.07 Å². The Kier molecular flexibility index (Phi) is 6.84. The molecule has 0 radical (unpaired) electrons. The Morgan fingerprint density at radius 1 is 1.12 bits per heavy atom. The Labute approximate surface area is 193 Å². The second-order valence-corrected chi connectivity index (χ2v) is 8.04. The molecule has 2 aromatic carbocycles. The average molecular weight is 452 g/mol. The van der Waals surface area contributed by atoms with Crippen LogP contribution in [0.4, 0.5) is 5.82 Å². The zero-order chi connectivity index (χ0) is 23.4. The average Bonchev–Trinajstić information content (AvgIpc) is 2.84. The summed E-state index contributed by atoms with van der Waals surface area (Å²) in [5, 5.41) is 0.974. The number of rotatable bonds is 8. The molecule has 1 aliphatic heterocycles. The van der Waals surface area contributed by atoms with E-state index in [0.29, 0.717) is 31.2 Å². The number of methoxy groups -OCH3 is 2. The van der Waals surface area contributed by atoms with Crippen molar-refractivity contribution in [1.29, 1.82) is 0 Å². The zero-order valence-electron chi connectivity index (χ0n) is 19.4. The number of nitrogens with zero attached hydrogens (tertiary/aromatic N) is 3. The summed E-state index contributed by atoms with van der Waals surface area (Å²) in [6.07, 6.45) is -0.725. The molecule has 1 amide bonds. The lowest BCUT2D eigenvalue weighted by atomic mass is 10.1. The molecule has 1 aliphatic rings. The van der Waals surface area contributed by atoms with Crippen molar-refractivity contribution in [3.05, 3.63) is 54.1 Å². The van der Waals surface area contributed by atoms with Crippen LogP contribution >= 0.6 is 0 Å². The second-order valence-electron chi connectivity index (χ2n) is 8.04. The van der Waals surface area contributed by atoms with Gasteiger partial charge in [-0.2, -0.15) is 0 Å². The molecule has 0 bridgehead atoms. The minimum atomic E-state index is -0.725. The molecule has 0 spiro atoms. The summed E-state index contributed by atoms with van der Waals surface area (Å²) in [4.78, 5) is 22.0. The van der Waals surface area contributed by atoms with Gasteiger partial charge in [0.15, 0.2) is 11.5 Å². The maximum atomic E-state index is 13.5. The van der Waals surface area contributed by atoms with Gasteiger partial charge in [-0.15, -0.1) is 0 Å². The molecule has 0 fully saturated rings. The van der Waals surface area contributed by atoms with Crippen molar-refractivity contribution in [2.75, 3.05) is 53.0 Å². The Morgan fingerprint density at radius 3 is 2.64 bits per heavy atom. The highest BCUT2D eigenvalue weighted by Crippen LogP contribution is 2.32. The van der Waals surface area contributed by atoms with Crippen molar-refractivity contribution in [1.82, 2.24) is 9.88 Å². The van der Waals surface area contributed by atoms with Crippen molar-refractivity contribution in [2.45, 2.75) is 12.6 Å².